The van der Waals surface area contributed by atoms with E-state index in [0.29, 0.717) is 31.1 Å². The molecule has 7 nitrogen and oxygen atoms in total. The van der Waals surface area contributed by atoms with E-state index in [1.807, 2.05) is 49.0 Å². The normalized spacial score (nSPS) is 16.4. The van der Waals surface area contributed by atoms with Crippen molar-refractivity contribution in [2.45, 2.75) is 19.4 Å². The molecule has 0 saturated carbocycles. The van der Waals surface area contributed by atoms with Gasteiger partial charge < -0.3 is 19.3 Å². The first-order valence-electron chi connectivity index (χ1n) is 8.76. The van der Waals surface area contributed by atoms with Crippen LogP contribution in [0.25, 0.3) is 0 Å². The summed E-state index contributed by atoms with van der Waals surface area (Å²) in [5, 5.41) is 8.19. The molecule has 0 spiro atoms. The lowest BCUT2D eigenvalue weighted by Crippen LogP contribution is -2.31. The van der Waals surface area contributed by atoms with Crippen molar-refractivity contribution in [1.82, 2.24) is 15.1 Å². The average molecular weight is 356 g/mol. The maximum atomic E-state index is 12.6. The van der Waals surface area contributed by atoms with Gasteiger partial charge in [-0.15, -0.1) is 10.2 Å². The number of hydrogen-bond acceptors (Lipinski definition) is 6. The summed E-state index contributed by atoms with van der Waals surface area (Å²) < 4.78 is 11.3. The van der Waals surface area contributed by atoms with Crippen molar-refractivity contribution in [3.63, 3.8) is 0 Å². The average Bonchev–Trinajstić information content (AvgIpc) is 3.11. The number of anilines is 1. The van der Waals surface area contributed by atoms with E-state index >= 15 is 0 Å². The van der Waals surface area contributed by atoms with Gasteiger partial charge in [-0.2, -0.15) is 0 Å². The molecule has 0 N–H and O–H groups in total. The van der Waals surface area contributed by atoms with Crippen LogP contribution in [0.3, 0.4) is 0 Å². The van der Waals surface area contributed by atoms with Gasteiger partial charge in [0.1, 0.15) is 11.9 Å². The predicted octanol–water partition coefficient (Wildman–Crippen LogP) is 2.23. The molecule has 1 unspecified atom stereocenters. The number of aromatic nitrogens is 2. The molecule has 0 radical (unpaired) electrons. The number of benzene rings is 1. The van der Waals surface area contributed by atoms with Crippen LogP contribution in [0.5, 0.6) is 11.6 Å². The van der Waals surface area contributed by atoms with Crippen LogP contribution in [-0.4, -0.2) is 60.9 Å². The Labute approximate surface area is 153 Å². The van der Waals surface area contributed by atoms with Crippen molar-refractivity contribution in [3.8, 4) is 11.6 Å². The summed E-state index contributed by atoms with van der Waals surface area (Å²) in [6, 6.07) is 10.9. The molecule has 1 saturated heterocycles. The third-order valence-corrected chi connectivity index (χ3v) is 4.22. The minimum atomic E-state index is -0.0684. The molecule has 1 aliphatic rings. The Kier molecular flexibility index (Phi) is 5.55. The Morgan fingerprint density at radius 1 is 1.19 bits per heavy atom. The first-order chi connectivity index (χ1) is 12.6. The van der Waals surface area contributed by atoms with E-state index in [-0.39, 0.29) is 12.0 Å². The van der Waals surface area contributed by atoms with Crippen LogP contribution in [0.15, 0.2) is 36.4 Å². The van der Waals surface area contributed by atoms with Crippen LogP contribution >= 0.6 is 0 Å². The molecule has 1 aromatic heterocycles. The van der Waals surface area contributed by atoms with E-state index in [0.717, 1.165) is 18.0 Å². The molecule has 3 rings (SSSR count). The topological polar surface area (TPSA) is 67.8 Å². The van der Waals surface area contributed by atoms with E-state index in [4.69, 9.17) is 9.47 Å². The van der Waals surface area contributed by atoms with E-state index < -0.39 is 0 Å². The highest BCUT2D eigenvalue weighted by molar-refractivity contribution is 5.94. The standard InChI is InChI=1S/C19H24N4O3/c1-4-25-15-7-5-14(6-8-15)19(24)23-12-11-16(13-23)26-18-10-9-17(20-21-18)22(2)3/h5-10,16H,4,11-13H2,1-3H3. The molecule has 1 atom stereocenters. The number of amides is 1. The zero-order valence-corrected chi connectivity index (χ0v) is 15.4. The molecule has 2 heterocycles. The van der Waals surface area contributed by atoms with Crippen LogP contribution in [0.4, 0.5) is 5.82 Å². The highest BCUT2D eigenvalue weighted by Gasteiger charge is 2.28. The summed E-state index contributed by atoms with van der Waals surface area (Å²) in [4.78, 5) is 16.3. The van der Waals surface area contributed by atoms with Gasteiger partial charge in [-0.05, 0) is 37.3 Å². The third kappa shape index (κ3) is 4.22. The SMILES string of the molecule is CCOc1ccc(C(=O)N2CCC(Oc3ccc(N(C)C)nn3)C2)cc1. The summed E-state index contributed by atoms with van der Waals surface area (Å²) in [6.45, 7) is 3.75. The molecule has 7 heteroatoms. The quantitative estimate of drug-likeness (QED) is 0.791. The van der Waals surface area contributed by atoms with Crippen LogP contribution in [0, 0.1) is 0 Å². The van der Waals surface area contributed by atoms with Gasteiger partial charge in [-0.1, -0.05) is 0 Å². The molecule has 1 amide bonds. The summed E-state index contributed by atoms with van der Waals surface area (Å²) in [5.41, 5.74) is 0.657. The highest BCUT2D eigenvalue weighted by Crippen LogP contribution is 2.20. The molecular weight excluding hydrogens is 332 g/mol. The van der Waals surface area contributed by atoms with Crippen molar-refractivity contribution in [3.05, 3.63) is 42.0 Å². The molecule has 26 heavy (non-hydrogen) atoms. The minimum absolute atomic E-state index is 0.00758. The fraction of sp³-hybridized carbons (Fsp3) is 0.421. The molecule has 1 aromatic carbocycles. The second kappa shape index (κ2) is 8.03. The van der Waals surface area contributed by atoms with Gasteiger partial charge in [-0.25, -0.2) is 0 Å². The monoisotopic (exact) mass is 356 g/mol. The van der Waals surface area contributed by atoms with Crippen LogP contribution < -0.4 is 14.4 Å². The Bertz CT molecular complexity index is 731. The molecule has 138 valence electrons. The predicted molar refractivity (Wildman–Crippen MR) is 98.9 cm³/mol. The Morgan fingerprint density at radius 3 is 2.58 bits per heavy atom. The maximum Gasteiger partial charge on any atom is 0.253 e. The number of likely N-dealkylation sites (tertiary alicyclic amines) is 1. The van der Waals surface area contributed by atoms with Crippen LogP contribution in [-0.2, 0) is 0 Å². The van der Waals surface area contributed by atoms with Gasteiger partial charge in [-0.3, -0.25) is 4.79 Å². The second-order valence-corrected chi connectivity index (χ2v) is 6.36. The lowest BCUT2D eigenvalue weighted by atomic mass is 10.2. The lowest BCUT2D eigenvalue weighted by molar-refractivity contribution is 0.0771. The third-order valence-electron chi connectivity index (χ3n) is 4.22. The van der Waals surface area contributed by atoms with Crippen molar-refractivity contribution >= 4 is 11.7 Å². The lowest BCUT2D eigenvalue weighted by Gasteiger charge is -2.17. The van der Waals surface area contributed by atoms with Gasteiger partial charge in [0.05, 0.1) is 13.2 Å². The number of ether oxygens (including phenoxy) is 2. The molecule has 0 aliphatic carbocycles. The van der Waals surface area contributed by atoms with E-state index in [9.17, 15) is 4.79 Å². The smallest absolute Gasteiger partial charge is 0.253 e. The van der Waals surface area contributed by atoms with Crippen molar-refractivity contribution in [2.24, 2.45) is 0 Å². The number of hydrogen-bond donors (Lipinski definition) is 0. The zero-order chi connectivity index (χ0) is 18.5. The van der Waals surface area contributed by atoms with E-state index in [1.165, 1.54) is 0 Å². The minimum Gasteiger partial charge on any atom is -0.494 e. The number of rotatable bonds is 6. The number of nitrogens with zero attached hydrogens (tertiary/aromatic N) is 4. The van der Waals surface area contributed by atoms with E-state index in [1.54, 1.807) is 18.2 Å². The van der Waals surface area contributed by atoms with Crippen molar-refractivity contribution < 1.29 is 14.3 Å². The zero-order valence-electron chi connectivity index (χ0n) is 15.4. The molecular formula is C19H24N4O3. The van der Waals surface area contributed by atoms with Gasteiger partial charge in [0.25, 0.3) is 5.91 Å². The largest absolute Gasteiger partial charge is 0.494 e. The van der Waals surface area contributed by atoms with Crippen LogP contribution in [0.1, 0.15) is 23.7 Å². The Hall–Kier alpha value is -2.83. The Balaban J connectivity index is 1.56. The summed E-state index contributed by atoms with van der Waals surface area (Å²) in [7, 11) is 3.82. The number of carbonyl (C=O) groups excluding carboxylic acids is 1. The summed E-state index contributed by atoms with van der Waals surface area (Å²) >= 11 is 0. The molecule has 0 bridgehead atoms. The fourth-order valence-electron chi connectivity index (χ4n) is 2.84. The fourth-order valence-corrected chi connectivity index (χ4v) is 2.84. The summed E-state index contributed by atoms with van der Waals surface area (Å²) in [6.07, 6.45) is 0.709. The van der Waals surface area contributed by atoms with Crippen LogP contribution in [0.2, 0.25) is 0 Å². The Morgan fingerprint density at radius 2 is 1.96 bits per heavy atom. The second-order valence-electron chi connectivity index (χ2n) is 6.36. The first kappa shape index (κ1) is 18.0. The van der Waals surface area contributed by atoms with Crippen molar-refractivity contribution in [1.29, 1.82) is 0 Å². The molecule has 1 aliphatic heterocycles. The summed E-state index contributed by atoms with van der Waals surface area (Å²) in [5.74, 6) is 2.03. The first-order valence-corrected chi connectivity index (χ1v) is 8.76. The van der Waals surface area contributed by atoms with Gasteiger partial charge in [0.15, 0.2) is 5.82 Å². The number of carbonyl (C=O) groups is 1. The molecule has 2 aromatic rings. The molecule has 1 fully saturated rings. The van der Waals surface area contributed by atoms with Gasteiger partial charge in [0.2, 0.25) is 5.88 Å². The van der Waals surface area contributed by atoms with Gasteiger partial charge in [0, 0.05) is 38.7 Å². The highest BCUT2D eigenvalue weighted by atomic mass is 16.5. The van der Waals surface area contributed by atoms with E-state index in [2.05, 4.69) is 10.2 Å². The van der Waals surface area contributed by atoms with Crippen molar-refractivity contribution in [2.75, 3.05) is 38.7 Å². The van der Waals surface area contributed by atoms with Gasteiger partial charge >= 0.3 is 0 Å². The maximum absolute atomic E-state index is 12.6.